The maximum atomic E-state index is 12.7. The Balaban J connectivity index is 1.83. The molecule has 0 radical (unpaired) electrons. The van der Waals surface area contributed by atoms with E-state index in [9.17, 15) is 18.0 Å². The van der Waals surface area contributed by atoms with Crippen LogP contribution < -0.4 is 5.32 Å². The second kappa shape index (κ2) is 9.61. The Bertz CT molecular complexity index is 759. The van der Waals surface area contributed by atoms with E-state index in [4.69, 9.17) is 0 Å². The van der Waals surface area contributed by atoms with Crippen molar-refractivity contribution in [2.24, 2.45) is 0 Å². The SMILES string of the molecule is C=CC(=O)NCCCN(C)S(=O)(=O)C1CCN(C(=O)c2ccccn2)CC1. The summed E-state index contributed by atoms with van der Waals surface area (Å²) in [5, 5.41) is 2.12. The lowest BCUT2D eigenvalue weighted by Gasteiger charge is -2.33. The number of nitrogens with one attached hydrogen (secondary N) is 1. The summed E-state index contributed by atoms with van der Waals surface area (Å²) in [4.78, 5) is 29.2. The summed E-state index contributed by atoms with van der Waals surface area (Å²) in [5.74, 6) is -0.441. The van der Waals surface area contributed by atoms with Crippen molar-refractivity contribution in [3.05, 3.63) is 42.7 Å². The summed E-state index contributed by atoms with van der Waals surface area (Å²) in [6.07, 6.45) is 4.07. The second-order valence-corrected chi connectivity index (χ2v) is 8.74. The summed E-state index contributed by atoms with van der Waals surface area (Å²) < 4.78 is 26.8. The molecule has 2 heterocycles. The van der Waals surface area contributed by atoms with Crippen LogP contribution in [-0.4, -0.2) is 72.9 Å². The third-order valence-corrected chi connectivity index (χ3v) is 6.97. The van der Waals surface area contributed by atoms with Crippen molar-refractivity contribution in [3.63, 3.8) is 0 Å². The monoisotopic (exact) mass is 394 g/mol. The lowest BCUT2D eigenvalue weighted by atomic mass is 10.1. The molecule has 0 aliphatic carbocycles. The fourth-order valence-corrected chi connectivity index (χ4v) is 4.67. The van der Waals surface area contributed by atoms with E-state index in [0.717, 1.165) is 0 Å². The van der Waals surface area contributed by atoms with Gasteiger partial charge in [0, 0.05) is 39.4 Å². The van der Waals surface area contributed by atoms with E-state index in [1.165, 1.54) is 10.4 Å². The molecule has 1 aromatic heterocycles. The number of piperidine rings is 1. The summed E-state index contributed by atoms with van der Waals surface area (Å²) in [6.45, 7) is 4.86. The van der Waals surface area contributed by atoms with E-state index in [2.05, 4.69) is 16.9 Å². The Morgan fingerprint density at radius 1 is 1.37 bits per heavy atom. The zero-order valence-electron chi connectivity index (χ0n) is 15.5. The Morgan fingerprint density at radius 2 is 2.07 bits per heavy atom. The summed E-state index contributed by atoms with van der Waals surface area (Å²) in [7, 11) is -1.88. The first-order valence-corrected chi connectivity index (χ1v) is 10.4. The molecule has 0 bridgehead atoms. The van der Waals surface area contributed by atoms with Crippen LogP contribution in [0.25, 0.3) is 0 Å². The molecule has 2 rings (SSSR count). The molecule has 9 heteroatoms. The largest absolute Gasteiger partial charge is 0.353 e. The molecule has 0 saturated carbocycles. The van der Waals surface area contributed by atoms with Crippen LogP contribution in [0.4, 0.5) is 0 Å². The highest BCUT2D eigenvalue weighted by Gasteiger charge is 2.34. The first-order chi connectivity index (χ1) is 12.9. The van der Waals surface area contributed by atoms with E-state index >= 15 is 0 Å². The van der Waals surface area contributed by atoms with Gasteiger partial charge in [0.15, 0.2) is 0 Å². The Kier molecular flexibility index (Phi) is 7.49. The smallest absolute Gasteiger partial charge is 0.272 e. The average molecular weight is 394 g/mol. The van der Waals surface area contributed by atoms with Crippen molar-refractivity contribution in [3.8, 4) is 0 Å². The number of amides is 2. The van der Waals surface area contributed by atoms with E-state index in [-0.39, 0.29) is 11.8 Å². The third kappa shape index (κ3) is 5.61. The first kappa shape index (κ1) is 21.0. The van der Waals surface area contributed by atoms with Gasteiger partial charge in [-0.1, -0.05) is 12.6 Å². The Morgan fingerprint density at radius 3 is 2.67 bits per heavy atom. The topological polar surface area (TPSA) is 99.7 Å². The summed E-state index contributed by atoms with van der Waals surface area (Å²) in [5.41, 5.74) is 0.373. The van der Waals surface area contributed by atoms with Crippen LogP contribution >= 0.6 is 0 Å². The van der Waals surface area contributed by atoms with Crippen LogP contribution in [0.5, 0.6) is 0 Å². The minimum Gasteiger partial charge on any atom is -0.353 e. The van der Waals surface area contributed by atoms with Crippen molar-refractivity contribution in [1.29, 1.82) is 0 Å². The normalized spacial score (nSPS) is 15.6. The van der Waals surface area contributed by atoms with Gasteiger partial charge in [-0.2, -0.15) is 0 Å². The summed E-state index contributed by atoms with van der Waals surface area (Å²) in [6, 6.07) is 5.15. The van der Waals surface area contributed by atoms with Crippen molar-refractivity contribution in [2.45, 2.75) is 24.5 Å². The highest BCUT2D eigenvalue weighted by Crippen LogP contribution is 2.21. The van der Waals surface area contributed by atoms with Crippen molar-refractivity contribution < 1.29 is 18.0 Å². The highest BCUT2D eigenvalue weighted by molar-refractivity contribution is 7.89. The van der Waals surface area contributed by atoms with Crippen LogP contribution in [0.3, 0.4) is 0 Å². The van der Waals surface area contributed by atoms with Crippen LogP contribution in [0.15, 0.2) is 37.1 Å². The van der Waals surface area contributed by atoms with Gasteiger partial charge in [0.05, 0.1) is 5.25 Å². The predicted molar refractivity (Wildman–Crippen MR) is 103 cm³/mol. The van der Waals surface area contributed by atoms with E-state index < -0.39 is 15.3 Å². The van der Waals surface area contributed by atoms with Crippen LogP contribution in [0.1, 0.15) is 29.8 Å². The van der Waals surface area contributed by atoms with E-state index in [1.807, 2.05) is 0 Å². The predicted octanol–water partition coefficient (Wildman–Crippen LogP) is 0.640. The number of likely N-dealkylation sites (tertiary alicyclic amines) is 1. The fraction of sp³-hybridized carbons (Fsp3) is 0.500. The number of pyridine rings is 1. The van der Waals surface area contributed by atoms with Crippen molar-refractivity contribution in [1.82, 2.24) is 19.5 Å². The zero-order valence-corrected chi connectivity index (χ0v) is 16.3. The lowest BCUT2D eigenvalue weighted by molar-refractivity contribution is -0.116. The minimum atomic E-state index is -3.44. The maximum Gasteiger partial charge on any atom is 0.272 e. The van der Waals surface area contributed by atoms with Gasteiger partial charge in [0.25, 0.3) is 5.91 Å². The van der Waals surface area contributed by atoms with E-state index in [1.54, 1.807) is 36.3 Å². The van der Waals surface area contributed by atoms with Crippen LogP contribution in [0.2, 0.25) is 0 Å². The molecule has 1 fully saturated rings. The fourth-order valence-electron chi connectivity index (χ4n) is 2.98. The molecule has 0 unspecified atom stereocenters. The molecule has 0 aromatic carbocycles. The number of carbonyl (C=O) groups excluding carboxylic acids is 2. The van der Waals surface area contributed by atoms with Gasteiger partial charge in [0.1, 0.15) is 5.69 Å². The highest BCUT2D eigenvalue weighted by atomic mass is 32.2. The molecule has 27 heavy (non-hydrogen) atoms. The number of aromatic nitrogens is 1. The lowest BCUT2D eigenvalue weighted by Crippen LogP contribution is -2.46. The van der Waals surface area contributed by atoms with Gasteiger partial charge in [0.2, 0.25) is 15.9 Å². The number of hydrogen-bond donors (Lipinski definition) is 1. The molecule has 1 N–H and O–H groups in total. The van der Waals surface area contributed by atoms with Gasteiger partial charge >= 0.3 is 0 Å². The molecule has 0 atom stereocenters. The molecular formula is C18H26N4O4S. The standard InChI is InChI=1S/C18H26N4O4S/c1-3-17(23)20-11-6-12-21(2)27(25,26)15-8-13-22(14-9-15)18(24)16-7-4-5-10-19-16/h3-5,7,10,15H,1,6,8-9,11-14H2,2H3,(H,20,23). The van der Waals surface area contributed by atoms with E-state index in [0.29, 0.717) is 51.1 Å². The van der Waals surface area contributed by atoms with Crippen LogP contribution in [-0.2, 0) is 14.8 Å². The molecule has 2 amide bonds. The first-order valence-electron chi connectivity index (χ1n) is 8.92. The quantitative estimate of drug-likeness (QED) is 0.515. The van der Waals surface area contributed by atoms with Crippen molar-refractivity contribution >= 4 is 21.8 Å². The molecule has 1 aliphatic rings. The Labute approximate surface area is 160 Å². The van der Waals surface area contributed by atoms with Gasteiger partial charge < -0.3 is 10.2 Å². The molecule has 1 aromatic rings. The number of rotatable bonds is 8. The Hall–Kier alpha value is -2.26. The maximum absolute atomic E-state index is 12.7. The molecule has 1 aliphatic heterocycles. The third-order valence-electron chi connectivity index (χ3n) is 4.60. The molecule has 8 nitrogen and oxygen atoms in total. The number of hydrogen-bond acceptors (Lipinski definition) is 5. The van der Waals surface area contributed by atoms with Gasteiger partial charge in [-0.25, -0.2) is 12.7 Å². The molecular weight excluding hydrogens is 368 g/mol. The number of sulfonamides is 1. The van der Waals surface area contributed by atoms with Gasteiger partial charge in [-0.3, -0.25) is 14.6 Å². The second-order valence-electron chi connectivity index (χ2n) is 6.42. The van der Waals surface area contributed by atoms with Crippen molar-refractivity contribution in [2.75, 3.05) is 33.2 Å². The van der Waals surface area contributed by atoms with Gasteiger partial charge in [-0.15, -0.1) is 0 Å². The molecule has 0 spiro atoms. The number of nitrogens with zero attached hydrogens (tertiary/aromatic N) is 3. The zero-order chi connectivity index (χ0) is 19.9. The average Bonchev–Trinajstić information content (AvgIpc) is 2.70. The van der Waals surface area contributed by atoms with Gasteiger partial charge in [-0.05, 0) is 37.5 Å². The molecule has 1 saturated heterocycles. The molecule has 148 valence electrons. The minimum absolute atomic E-state index is 0.169. The summed E-state index contributed by atoms with van der Waals surface area (Å²) >= 11 is 0. The number of carbonyl (C=O) groups is 2. The van der Waals surface area contributed by atoms with Crippen LogP contribution in [0, 0.1) is 0 Å².